The molecule has 0 spiro atoms. The molecule has 2 aliphatic rings. The van der Waals surface area contributed by atoms with Gasteiger partial charge in [0.1, 0.15) is 0 Å². The van der Waals surface area contributed by atoms with Crippen LogP contribution in [0.4, 0.5) is 0 Å². The van der Waals surface area contributed by atoms with Gasteiger partial charge >= 0.3 is 0 Å². The van der Waals surface area contributed by atoms with Gasteiger partial charge in [-0.25, -0.2) is 8.42 Å². The number of likely N-dealkylation sites (tertiary alicyclic amines) is 1. The number of rotatable bonds is 4. The first-order chi connectivity index (χ1) is 12.0. The van der Waals surface area contributed by atoms with Gasteiger partial charge < -0.3 is 9.80 Å². The Morgan fingerprint density at radius 3 is 2.32 bits per heavy atom. The number of nitrogens with zero attached hydrogens (tertiary/aromatic N) is 3. The Balaban J connectivity index is 1.77. The van der Waals surface area contributed by atoms with Crippen molar-refractivity contribution in [2.24, 2.45) is 0 Å². The average molecular weight is 365 g/mol. The number of piperidine rings is 1. The van der Waals surface area contributed by atoms with Crippen molar-refractivity contribution in [3.05, 3.63) is 29.8 Å². The van der Waals surface area contributed by atoms with Crippen LogP contribution in [0.3, 0.4) is 0 Å². The molecule has 2 heterocycles. The fourth-order valence-electron chi connectivity index (χ4n) is 3.50. The van der Waals surface area contributed by atoms with E-state index in [9.17, 15) is 13.2 Å². The lowest BCUT2D eigenvalue weighted by atomic mass is 10.1. The summed E-state index contributed by atoms with van der Waals surface area (Å²) in [5.41, 5.74) is 0.468. The molecule has 0 radical (unpaired) electrons. The van der Waals surface area contributed by atoms with E-state index in [0.29, 0.717) is 18.7 Å². The summed E-state index contributed by atoms with van der Waals surface area (Å²) < 4.78 is 27.4. The molecule has 2 aliphatic heterocycles. The van der Waals surface area contributed by atoms with Gasteiger partial charge in [-0.2, -0.15) is 4.31 Å². The third kappa shape index (κ3) is 4.04. The summed E-state index contributed by atoms with van der Waals surface area (Å²) >= 11 is 0. The van der Waals surface area contributed by atoms with E-state index in [1.807, 2.05) is 4.90 Å². The summed E-state index contributed by atoms with van der Waals surface area (Å²) in [7, 11) is -3.54. The molecule has 0 aliphatic carbocycles. The van der Waals surface area contributed by atoms with Crippen LogP contribution in [-0.4, -0.2) is 74.2 Å². The number of sulfonamides is 1. The highest BCUT2D eigenvalue weighted by atomic mass is 32.2. The number of carbonyl (C=O) groups excluding carboxylic acids is 1. The lowest BCUT2D eigenvalue weighted by Gasteiger charge is -2.33. The number of piperazine rings is 1. The minimum Gasteiger partial charge on any atom is -0.339 e. The van der Waals surface area contributed by atoms with E-state index >= 15 is 0 Å². The zero-order valence-electron chi connectivity index (χ0n) is 14.9. The minimum absolute atomic E-state index is 0.0625. The van der Waals surface area contributed by atoms with Gasteiger partial charge in [0.2, 0.25) is 10.0 Å². The van der Waals surface area contributed by atoms with E-state index in [4.69, 9.17) is 0 Å². The monoisotopic (exact) mass is 365 g/mol. The van der Waals surface area contributed by atoms with Crippen molar-refractivity contribution in [2.45, 2.75) is 31.1 Å². The van der Waals surface area contributed by atoms with Gasteiger partial charge in [-0.15, -0.1) is 0 Å². The summed E-state index contributed by atoms with van der Waals surface area (Å²) in [4.78, 5) is 16.9. The second-order valence-corrected chi connectivity index (χ2v) is 8.66. The highest BCUT2D eigenvalue weighted by molar-refractivity contribution is 7.89. The van der Waals surface area contributed by atoms with E-state index in [-0.39, 0.29) is 10.8 Å². The maximum absolute atomic E-state index is 12.9. The Kier molecular flexibility index (Phi) is 5.76. The molecule has 2 fully saturated rings. The molecule has 0 aromatic heterocycles. The van der Waals surface area contributed by atoms with E-state index in [0.717, 1.165) is 52.0 Å². The second-order valence-electron chi connectivity index (χ2n) is 6.72. The average Bonchev–Trinajstić information content (AvgIpc) is 2.68. The minimum atomic E-state index is -3.54. The van der Waals surface area contributed by atoms with E-state index < -0.39 is 10.0 Å². The summed E-state index contributed by atoms with van der Waals surface area (Å²) in [5, 5.41) is 0. The molecule has 25 heavy (non-hydrogen) atoms. The third-order valence-electron chi connectivity index (χ3n) is 5.14. The molecular weight excluding hydrogens is 338 g/mol. The van der Waals surface area contributed by atoms with Crippen molar-refractivity contribution >= 4 is 15.9 Å². The fourth-order valence-corrected chi connectivity index (χ4v) is 4.97. The highest BCUT2D eigenvalue weighted by Crippen LogP contribution is 2.20. The van der Waals surface area contributed by atoms with E-state index in [2.05, 4.69) is 11.8 Å². The Bertz CT molecular complexity index is 706. The van der Waals surface area contributed by atoms with Crippen molar-refractivity contribution in [3.8, 4) is 0 Å². The molecule has 1 aromatic carbocycles. The Hall–Kier alpha value is -1.44. The quantitative estimate of drug-likeness (QED) is 0.814. The summed E-state index contributed by atoms with van der Waals surface area (Å²) in [6.45, 7) is 7.04. The van der Waals surface area contributed by atoms with Crippen LogP contribution in [0.25, 0.3) is 0 Å². The van der Waals surface area contributed by atoms with Crippen LogP contribution >= 0.6 is 0 Å². The zero-order valence-corrected chi connectivity index (χ0v) is 15.7. The first kappa shape index (κ1) is 18.4. The zero-order chi connectivity index (χ0) is 17.9. The summed E-state index contributed by atoms with van der Waals surface area (Å²) in [6.07, 6.45) is 3.19. The summed E-state index contributed by atoms with van der Waals surface area (Å²) in [6, 6.07) is 6.52. The maximum atomic E-state index is 12.9. The largest absolute Gasteiger partial charge is 0.339 e. The number of hydrogen-bond acceptors (Lipinski definition) is 4. The molecule has 3 rings (SSSR count). The molecule has 1 aromatic rings. The van der Waals surface area contributed by atoms with Gasteiger partial charge in [0, 0.05) is 44.8 Å². The molecule has 1 amide bonds. The molecule has 7 heteroatoms. The standard InChI is InChI=1S/C18H27N3O3S/c1-2-19-11-13-21(14-12-19)25(23,24)17-8-6-7-16(15-17)18(22)20-9-4-3-5-10-20/h6-8,15H,2-5,9-14H2,1H3. The van der Waals surface area contributed by atoms with Gasteiger partial charge in [0.25, 0.3) is 5.91 Å². The van der Waals surface area contributed by atoms with Crippen LogP contribution in [0.5, 0.6) is 0 Å². The van der Waals surface area contributed by atoms with Crippen molar-refractivity contribution in [1.29, 1.82) is 0 Å². The lowest BCUT2D eigenvalue weighted by molar-refractivity contribution is 0.0724. The lowest BCUT2D eigenvalue weighted by Crippen LogP contribution is -2.48. The molecule has 0 atom stereocenters. The highest BCUT2D eigenvalue weighted by Gasteiger charge is 2.29. The fraction of sp³-hybridized carbons (Fsp3) is 0.611. The number of carbonyl (C=O) groups is 1. The van der Waals surface area contributed by atoms with E-state index in [1.54, 1.807) is 24.3 Å². The van der Waals surface area contributed by atoms with Crippen LogP contribution in [0.15, 0.2) is 29.2 Å². The van der Waals surface area contributed by atoms with Crippen LogP contribution in [-0.2, 0) is 10.0 Å². The molecular formula is C18H27N3O3S. The topological polar surface area (TPSA) is 60.9 Å². The second kappa shape index (κ2) is 7.85. The van der Waals surface area contributed by atoms with Crippen molar-refractivity contribution in [1.82, 2.24) is 14.1 Å². The van der Waals surface area contributed by atoms with Crippen molar-refractivity contribution in [3.63, 3.8) is 0 Å². The Morgan fingerprint density at radius 2 is 1.68 bits per heavy atom. The predicted octanol–water partition coefficient (Wildman–Crippen LogP) is 1.64. The van der Waals surface area contributed by atoms with Gasteiger partial charge in [0.15, 0.2) is 0 Å². The van der Waals surface area contributed by atoms with Crippen molar-refractivity contribution < 1.29 is 13.2 Å². The third-order valence-corrected chi connectivity index (χ3v) is 7.04. The Morgan fingerprint density at radius 1 is 1.00 bits per heavy atom. The van der Waals surface area contributed by atoms with Gasteiger partial charge in [0.05, 0.1) is 4.90 Å². The SMILES string of the molecule is CCN1CCN(S(=O)(=O)c2cccc(C(=O)N3CCCCC3)c2)CC1. The van der Waals surface area contributed by atoms with Crippen LogP contribution < -0.4 is 0 Å². The van der Waals surface area contributed by atoms with Crippen LogP contribution in [0, 0.1) is 0 Å². The van der Waals surface area contributed by atoms with Crippen molar-refractivity contribution in [2.75, 3.05) is 45.8 Å². The number of benzene rings is 1. The summed E-state index contributed by atoms with van der Waals surface area (Å²) in [5.74, 6) is -0.0625. The van der Waals surface area contributed by atoms with Crippen LogP contribution in [0.1, 0.15) is 36.5 Å². The molecule has 2 saturated heterocycles. The first-order valence-corrected chi connectivity index (χ1v) is 10.6. The van der Waals surface area contributed by atoms with Gasteiger partial charge in [-0.1, -0.05) is 13.0 Å². The molecule has 0 unspecified atom stereocenters. The molecule has 0 saturated carbocycles. The van der Waals surface area contributed by atoms with E-state index in [1.165, 1.54) is 4.31 Å². The molecule has 0 bridgehead atoms. The smallest absolute Gasteiger partial charge is 0.253 e. The molecule has 6 nitrogen and oxygen atoms in total. The normalized spacial score (nSPS) is 20.6. The van der Waals surface area contributed by atoms with Gasteiger partial charge in [-0.05, 0) is 44.0 Å². The molecule has 138 valence electrons. The number of hydrogen-bond donors (Lipinski definition) is 0. The first-order valence-electron chi connectivity index (χ1n) is 9.14. The maximum Gasteiger partial charge on any atom is 0.253 e. The predicted molar refractivity (Wildman–Crippen MR) is 97.1 cm³/mol. The molecule has 0 N–H and O–H groups in total. The Labute approximate surface area is 150 Å². The number of likely N-dealkylation sites (N-methyl/N-ethyl adjacent to an activating group) is 1. The van der Waals surface area contributed by atoms with Gasteiger partial charge in [-0.3, -0.25) is 4.79 Å². The van der Waals surface area contributed by atoms with Crippen LogP contribution in [0.2, 0.25) is 0 Å². The number of amides is 1.